The molecule has 2 amide bonds. The summed E-state index contributed by atoms with van der Waals surface area (Å²) < 4.78 is 3.27. The number of nitrogens with zero attached hydrogens (tertiary/aromatic N) is 3. The molecule has 1 saturated heterocycles. The van der Waals surface area contributed by atoms with Gasteiger partial charge in [-0.3, -0.25) is 9.59 Å². The zero-order valence-electron chi connectivity index (χ0n) is 15.3. The van der Waals surface area contributed by atoms with E-state index in [4.69, 9.17) is 0 Å². The number of hydrogen-bond donors (Lipinski definition) is 0. The van der Waals surface area contributed by atoms with E-state index in [2.05, 4.69) is 37.5 Å². The van der Waals surface area contributed by atoms with Gasteiger partial charge in [0.1, 0.15) is 5.69 Å². The van der Waals surface area contributed by atoms with Crippen LogP contribution in [0.4, 0.5) is 0 Å². The Balaban J connectivity index is 1.88. The van der Waals surface area contributed by atoms with E-state index in [-0.39, 0.29) is 11.8 Å². The highest BCUT2D eigenvalue weighted by Gasteiger charge is 2.26. The number of thiophene rings is 1. The third-order valence-corrected chi connectivity index (χ3v) is 5.61. The van der Waals surface area contributed by atoms with Crippen LogP contribution in [0.3, 0.4) is 0 Å². The van der Waals surface area contributed by atoms with Gasteiger partial charge in [-0.05, 0) is 32.9 Å². The molecule has 0 saturated carbocycles. The van der Waals surface area contributed by atoms with Crippen molar-refractivity contribution in [3.05, 3.63) is 34.4 Å². The lowest BCUT2D eigenvalue weighted by atomic mass is 10.2. The van der Waals surface area contributed by atoms with E-state index in [1.54, 1.807) is 23.2 Å². The second kappa shape index (κ2) is 7.04. The van der Waals surface area contributed by atoms with Crippen molar-refractivity contribution in [1.82, 2.24) is 14.4 Å². The van der Waals surface area contributed by atoms with E-state index in [9.17, 15) is 9.59 Å². The Kier molecular flexibility index (Phi) is 4.99. The molecule has 1 aliphatic heterocycles. The summed E-state index contributed by atoms with van der Waals surface area (Å²) in [6, 6.07) is 4.18. The fraction of sp³-hybridized carbons (Fsp3) is 0.474. The molecule has 0 aromatic carbocycles. The Hall–Kier alpha value is -2.08. The molecule has 5 nitrogen and oxygen atoms in total. The van der Waals surface area contributed by atoms with Crippen molar-refractivity contribution in [2.45, 2.75) is 34.2 Å². The normalized spacial score (nSPS) is 14.9. The average molecular weight is 359 g/mol. The fourth-order valence-electron chi connectivity index (χ4n) is 3.20. The summed E-state index contributed by atoms with van der Waals surface area (Å²) in [5.41, 5.74) is 3.11. The first kappa shape index (κ1) is 17.7. The van der Waals surface area contributed by atoms with Crippen LogP contribution in [-0.4, -0.2) is 52.4 Å². The van der Waals surface area contributed by atoms with E-state index >= 15 is 0 Å². The van der Waals surface area contributed by atoms with Gasteiger partial charge in [0.25, 0.3) is 5.91 Å². The predicted octanol–water partition coefficient (Wildman–Crippen LogP) is 3.28. The third-order valence-electron chi connectivity index (χ3n) is 4.63. The van der Waals surface area contributed by atoms with Gasteiger partial charge in [0.2, 0.25) is 5.91 Å². The van der Waals surface area contributed by atoms with Gasteiger partial charge in [0, 0.05) is 44.5 Å². The molecule has 3 rings (SSSR count). The van der Waals surface area contributed by atoms with Crippen LogP contribution in [0.1, 0.15) is 36.1 Å². The van der Waals surface area contributed by atoms with Crippen LogP contribution < -0.4 is 0 Å². The largest absolute Gasteiger partial charge is 0.339 e. The van der Waals surface area contributed by atoms with Crippen molar-refractivity contribution in [1.29, 1.82) is 0 Å². The van der Waals surface area contributed by atoms with Crippen LogP contribution in [0.25, 0.3) is 10.2 Å². The molecule has 1 aliphatic rings. The minimum absolute atomic E-state index is 0.0615. The molecule has 134 valence electrons. The number of amides is 2. The molecule has 2 aromatic heterocycles. The monoisotopic (exact) mass is 359 g/mol. The molecule has 2 aromatic rings. The van der Waals surface area contributed by atoms with Crippen LogP contribution in [0, 0.1) is 6.92 Å². The summed E-state index contributed by atoms with van der Waals surface area (Å²) in [5.74, 6) is 0.140. The topological polar surface area (TPSA) is 45.6 Å². The summed E-state index contributed by atoms with van der Waals surface area (Å²) in [5, 5.41) is 0. The number of aryl methyl sites for hydroxylation is 1. The molecular weight excluding hydrogens is 334 g/mol. The van der Waals surface area contributed by atoms with E-state index in [1.165, 1.54) is 10.5 Å². The Morgan fingerprint density at radius 1 is 1.08 bits per heavy atom. The highest BCUT2D eigenvalue weighted by molar-refractivity contribution is 7.19. The number of piperazine rings is 1. The molecular formula is C19H25N3O2S. The fourth-order valence-corrected chi connectivity index (χ4v) is 4.16. The highest BCUT2D eigenvalue weighted by atomic mass is 32.1. The lowest BCUT2D eigenvalue weighted by Crippen LogP contribution is -2.50. The standard InChI is InChI=1S/C19H25N3O2S/c1-13(2)5-6-22-16-11-14(3)25-18(16)12-17(22)19(24)21-9-7-20(8-10-21)15(4)23/h5,11-12H,6-10H2,1-4H3. The maximum Gasteiger partial charge on any atom is 0.270 e. The quantitative estimate of drug-likeness (QED) is 0.790. The van der Waals surface area contributed by atoms with Crippen LogP contribution in [-0.2, 0) is 11.3 Å². The minimum atomic E-state index is 0.0615. The minimum Gasteiger partial charge on any atom is -0.339 e. The highest BCUT2D eigenvalue weighted by Crippen LogP contribution is 2.29. The molecule has 1 fully saturated rings. The number of fused-ring (bicyclic) bond motifs is 1. The predicted molar refractivity (Wildman–Crippen MR) is 102 cm³/mol. The maximum atomic E-state index is 13.1. The molecule has 0 aliphatic carbocycles. The molecule has 25 heavy (non-hydrogen) atoms. The van der Waals surface area contributed by atoms with Crippen LogP contribution in [0.2, 0.25) is 0 Å². The van der Waals surface area contributed by atoms with Crippen LogP contribution in [0.15, 0.2) is 23.8 Å². The molecule has 3 heterocycles. The lowest BCUT2D eigenvalue weighted by Gasteiger charge is -2.34. The van der Waals surface area contributed by atoms with Crippen molar-refractivity contribution in [2.75, 3.05) is 26.2 Å². The smallest absolute Gasteiger partial charge is 0.270 e. The molecule has 0 N–H and O–H groups in total. The number of rotatable bonds is 3. The maximum absolute atomic E-state index is 13.1. The average Bonchev–Trinajstić information content (AvgIpc) is 3.08. The van der Waals surface area contributed by atoms with E-state index in [1.807, 2.05) is 11.0 Å². The molecule has 0 unspecified atom stereocenters. The van der Waals surface area contributed by atoms with Crippen LogP contribution in [0.5, 0.6) is 0 Å². The van der Waals surface area contributed by atoms with Crippen molar-refractivity contribution < 1.29 is 9.59 Å². The molecule has 0 spiro atoms. The first-order valence-electron chi connectivity index (χ1n) is 8.64. The SMILES string of the molecule is CC(=O)N1CCN(C(=O)c2cc3sc(C)cc3n2CC=C(C)C)CC1. The van der Waals surface area contributed by atoms with Crippen LogP contribution >= 0.6 is 11.3 Å². The second-order valence-electron chi connectivity index (χ2n) is 6.83. The molecule has 0 radical (unpaired) electrons. The number of aromatic nitrogens is 1. The first-order chi connectivity index (χ1) is 11.9. The second-order valence-corrected chi connectivity index (χ2v) is 8.11. The molecule has 6 heteroatoms. The zero-order valence-corrected chi connectivity index (χ0v) is 16.2. The summed E-state index contributed by atoms with van der Waals surface area (Å²) in [7, 11) is 0. The Morgan fingerprint density at radius 3 is 2.32 bits per heavy atom. The van der Waals surface area contributed by atoms with Gasteiger partial charge in [0.05, 0.1) is 10.2 Å². The van der Waals surface area contributed by atoms with Crippen molar-refractivity contribution in [3.8, 4) is 0 Å². The number of hydrogen-bond acceptors (Lipinski definition) is 3. The van der Waals surface area contributed by atoms with Gasteiger partial charge < -0.3 is 14.4 Å². The summed E-state index contributed by atoms with van der Waals surface area (Å²) in [6.07, 6.45) is 2.15. The Labute approximate surface area is 152 Å². The van der Waals surface area contributed by atoms with Gasteiger partial charge in [-0.25, -0.2) is 0 Å². The third kappa shape index (κ3) is 3.63. The zero-order chi connectivity index (χ0) is 18.1. The number of carbonyl (C=O) groups is 2. The van der Waals surface area contributed by atoms with Gasteiger partial charge in [0.15, 0.2) is 0 Å². The first-order valence-corrected chi connectivity index (χ1v) is 9.46. The number of allylic oxidation sites excluding steroid dienone is 2. The molecule has 0 atom stereocenters. The van der Waals surface area contributed by atoms with Gasteiger partial charge in [-0.1, -0.05) is 11.6 Å². The van der Waals surface area contributed by atoms with Gasteiger partial charge >= 0.3 is 0 Å². The summed E-state index contributed by atoms with van der Waals surface area (Å²) in [6.45, 7) is 10.9. The summed E-state index contributed by atoms with van der Waals surface area (Å²) in [4.78, 5) is 29.5. The van der Waals surface area contributed by atoms with E-state index in [0.717, 1.165) is 15.9 Å². The van der Waals surface area contributed by atoms with Crippen molar-refractivity contribution >= 4 is 33.4 Å². The molecule has 0 bridgehead atoms. The number of carbonyl (C=O) groups excluding carboxylic acids is 2. The Bertz CT molecular complexity index is 834. The van der Waals surface area contributed by atoms with E-state index < -0.39 is 0 Å². The van der Waals surface area contributed by atoms with Crippen molar-refractivity contribution in [2.24, 2.45) is 0 Å². The summed E-state index contributed by atoms with van der Waals surface area (Å²) >= 11 is 1.72. The lowest BCUT2D eigenvalue weighted by molar-refractivity contribution is -0.130. The van der Waals surface area contributed by atoms with Gasteiger partial charge in [-0.15, -0.1) is 11.3 Å². The van der Waals surface area contributed by atoms with Gasteiger partial charge in [-0.2, -0.15) is 0 Å². The Morgan fingerprint density at radius 2 is 1.72 bits per heavy atom. The van der Waals surface area contributed by atoms with Crippen molar-refractivity contribution in [3.63, 3.8) is 0 Å². The van der Waals surface area contributed by atoms with E-state index in [0.29, 0.717) is 32.7 Å².